The molecule has 3 aromatic rings. The van der Waals surface area contributed by atoms with E-state index >= 15 is 0 Å². The smallest absolute Gasteiger partial charge is 0.163 e. The van der Waals surface area contributed by atoms with Crippen LogP contribution in [0.3, 0.4) is 0 Å². The van der Waals surface area contributed by atoms with Crippen LogP contribution in [-0.2, 0) is 12.4 Å². The van der Waals surface area contributed by atoms with E-state index in [1.807, 2.05) is 35.9 Å². The molecule has 0 bridgehead atoms. The summed E-state index contributed by atoms with van der Waals surface area (Å²) >= 11 is 6.08. The van der Waals surface area contributed by atoms with E-state index in [0.717, 1.165) is 40.7 Å². The molecule has 0 spiro atoms. The molecular weight excluding hydrogens is 288 g/mol. The Morgan fingerprint density at radius 2 is 1.95 bits per heavy atom. The largest absolute Gasteiger partial charge is 0.497 e. The second-order valence-corrected chi connectivity index (χ2v) is 5.04. The molecule has 2 heterocycles. The number of alkyl halides is 1. The van der Waals surface area contributed by atoms with Crippen molar-refractivity contribution >= 4 is 22.8 Å². The number of benzene rings is 1. The third-order valence-electron chi connectivity index (χ3n) is 3.53. The summed E-state index contributed by atoms with van der Waals surface area (Å²) in [4.78, 5) is 4.63. The van der Waals surface area contributed by atoms with Gasteiger partial charge in [-0.05, 0) is 38.1 Å². The van der Waals surface area contributed by atoms with Gasteiger partial charge in [-0.25, -0.2) is 9.67 Å². The molecule has 5 nitrogen and oxygen atoms in total. The van der Waals surface area contributed by atoms with Crippen LogP contribution in [0.1, 0.15) is 18.4 Å². The molecular formula is C15H17ClN4O. The molecule has 0 atom stereocenters. The highest BCUT2D eigenvalue weighted by Crippen LogP contribution is 2.26. The van der Waals surface area contributed by atoms with E-state index in [1.54, 1.807) is 7.11 Å². The monoisotopic (exact) mass is 304 g/mol. The van der Waals surface area contributed by atoms with Crippen LogP contribution in [0.5, 0.6) is 5.75 Å². The number of imidazole rings is 1. The van der Waals surface area contributed by atoms with E-state index in [4.69, 9.17) is 16.3 Å². The molecule has 2 aromatic heterocycles. The van der Waals surface area contributed by atoms with Crippen LogP contribution in [0, 0.1) is 6.92 Å². The summed E-state index contributed by atoms with van der Waals surface area (Å²) in [6.07, 6.45) is 0. The Hall–Kier alpha value is -2.01. The lowest BCUT2D eigenvalue weighted by atomic mass is 10.3. The molecule has 0 fully saturated rings. The number of hydrogen-bond donors (Lipinski definition) is 0. The lowest BCUT2D eigenvalue weighted by molar-refractivity contribution is 0.414. The normalized spacial score (nSPS) is 11.2. The van der Waals surface area contributed by atoms with Crippen LogP contribution < -0.4 is 4.74 Å². The highest BCUT2D eigenvalue weighted by Gasteiger charge is 2.18. The molecule has 0 saturated carbocycles. The van der Waals surface area contributed by atoms with Crippen molar-refractivity contribution in [2.75, 3.05) is 7.11 Å². The number of methoxy groups -OCH3 is 1. The maximum absolute atomic E-state index is 6.08. The zero-order chi connectivity index (χ0) is 15.0. The summed E-state index contributed by atoms with van der Waals surface area (Å²) in [5, 5.41) is 4.53. The average molecular weight is 305 g/mol. The van der Waals surface area contributed by atoms with E-state index in [1.165, 1.54) is 0 Å². The van der Waals surface area contributed by atoms with Crippen LogP contribution in [0.2, 0.25) is 0 Å². The molecule has 6 heteroatoms. The maximum atomic E-state index is 6.08. The van der Waals surface area contributed by atoms with Gasteiger partial charge in [-0.2, -0.15) is 5.10 Å². The second kappa shape index (κ2) is 5.41. The molecule has 21 heavy (non-hydrogen) atoms. The molecule has 0 aliphatic rings. The first-order valence-corrected chi connectivity index (χ1v) is 7.38. The molecule has 0 unspecified atom stereocenters. The second-order valence-electron chi connectivity index (χ2n) is 4.77. The van der Waals surface area contributed by atoms with Crippen molar-refractivity contribution in [1.82, 2.24) is 19.3 Å². The first-order valence-electron chi connectivity index (χ1n) is 6.84. The first kappa shape index (κ1) is 13.9. The van der Waals surface area contributed by atoms with Gasteiger partial charge in [-0.3, -0.25) is 4.57 Å². The predicted molar refractivity (Wildman–Crippen MR) is 83.4 cm³/mol. The summed E-state index contributed by atoms with van der Waals surface area (Å²) in [7, 11) is 1.66. The van der Waals surface area contributed by atoms with Gasteiger partial charge >= 0.3 is 0 Å². The average Bonchev–Trinajstić information content (AvgIpc) is 3.05. The number of ether oxygens (including phenoxy) is 1. The minimum atomic E-state index is 0.351. The quantitative estimate of drug-likeness (QED) is 0.695. The lowest BCUT2D eigenvalue weighted by Gasteiger charge is -2.10. The molecule has 1 aromatic carbocycles. The summed E-state index contributed by atoms with van der Waals surface area (Å²) in [5.41, 5.74) is 3.81. The fourth-order valence-electron chi connectivity index (χ4n) is 2.53. The van der Waals surface area contributed by atoms with Crippen molar-refractivity contribution in [3.63, 3.8) is 0 Å². The molecule has 0 saturated heterocycles. The van der Waals surface area contributed by atoms with Gasteiger partial charge in [0.25, 0.3) is 0 Å². The van der Waals surface area contributed by atoms with E-state index < -0.39 is 0 Å². The van der Waals surface area contributed by atoms with Crippen molar-refractivity contribution < 1.29 is 4.74 Å². The minimum Gasteiger partial charge on any atom is -0.497 e. The number of hydrogen-bond acceptors (Lipinski definition) is 3. The third kappa shape index (κ3) is 2.17. The highest BCUT2D eigenvalue weighted by molar-refractivity contribution is 6.17. The van der Waals surface area contributed by atoms with E-state index in [2.05, 4.69) is 21.6 Å². The number of fused-ring (bicyclic) bond motifs is 1. The van der Waals surface area contributed by atoms with Crippen LogP contribution in [0.15, 0.2) is 24.3 Å². The third-order valence-corrected chi connectivity index (χ3v) is 3.77. The Morgan fingerprint density at radius 1 is 1.24 bits per heavy atom. The molecule has 0 N–H and O–H groups in total. The van der Waals surface area contributed by atoms with E-state index in [0.29, 0.717) is 5.88 Å². The zero-order valence-corrected chi connectivity index (χ0v) is 13.1. The fraction of sp³-hybridized carbons (Fsp3) is 0.333. The molecule has 0 radical (unpaired) electrons. The van der Waals surface area contributed by atoms with Gasteiger partial charge in [0.1, 0.15) is 17.1 Å². The Bertz CT molecular complexity index is 773. The Labute approximate surface area is 128 Å². The molecule has 3 rings (SSSR count). The summed E-state index contributed by atoms with van der Waals surface area (Å²) in [5.74, 6) is 1.99. The Balaban J connectivity index is 2.27. The summed E-state index contributed by atoms with van der Waals surface area (Å²) in [6.45, 7) is 4.82. The van der Waals surface area contributed by atoms with Gasteiger partial charge in [0.15, 0.2) is 5.65 Å². The van der Waals surface area contributed by atoms with Crippen molar-refractivity contribution in [1.29, 1.82) is 0 Å². The van der Waals surface area contributed by atoms with Gasteiger partial charge in [-0.15, -0.1) is 11.6 Å². The van der Waals surface area contributed by atoms with Gasteiger partial charge in [0.2, 0.25) is 0 Å². The summed E-state index contributed by atoms with van der Waals surface area (Å²) < 4.78 is 9.23. The molecule has 0 aliphatic carbocycles. The van der Waals surface area contributed by atoms with E-state index in [-0.39, 0.29) is 0 Å². The first-order chi connectivity index (χ1) is 10.2. The maximum Gasteiger partial charge on any atom is 0.163 e. The fourth-order valence-corrected chi connectivity index (χ4v) is 2.71. The number of nitrogens with zero attached hydrogens (tertiary/aromatic N) is 4. The number of aryl methyl sites for hydroxylation is 2. The molecule has 0 aliphatic heterocycles. The lowest BCUT2D eigenvalue weighted by Crippen LogP contribution is -2.06. The predicted octanol–water partition coefficient (Wildman–Crippen LogP) is 3.30. The SMILES string of the molecule is CCn1nc(C)c2nc(CCl)n(-c3ccc(OC)cc3)c21. The minimum absolute atomic E-state index is 0.351. The topological polar surface area (TPSA) is 44.9 Å². The molecule has 0 amide bonds. The van der Waals surface area contributed by atoms with Crippen LogP contribution >= 0.6 is 11.6 Å². The number of aromatic nitrogens is 4. The van der Waals surface area contributed by atoms with Crippen molar-refractivity contribution in [3.8, 4) is 11.4 Å². The van der Waals surface area contributed by atoms with Crippen LogP contribution in [0.4, 0.5) is 0 Å². The van der Waals surface area contributed by atoms with Gasteiger partial charge in [0.05, 0.1) is 18.7 Å². The Kier molecular flexibility index (Phi) is 3.59. The zero-order valence-electron chi connectivity index (χ0n) is 12.3. The standard InChI is InChI=1S/C15H17ClN4O/c1-4-19-15-14(10(2)18-19)17-13(9-16)20(15)11-5-7-12(21-3)8-6-11/h5-8H,4,9H2,1-3H3. The molecule has 110 valence electrons. The number of halogens is 1. The van der Waals surface area contributed by atoms with Crippen LogP contribution in [-0.4, -0.2) is 26.4 Å². The van der Waals surface area contributed by atoms with Gasteiger partial charge in [-0.1, -0.05) is 0 Å². The number of rotatable bonds is 4. The highest BCUT2D eigenvalue weighted by atomic mass is 35.5. The van der Waals surface area contributed by atoms with Crippen molar-refractivity contribution in [3.05, 3.63) is 35.8 Å². The van der Waals surface area contributed by atoms with E-state index in [9.17, 15) is 0 Å². The Morgan fingerprint density at radius 3 is 2.52 bits per heavy atom. The van der Waals surface area contributed by atoms with Crippen LogP contribution in [0.25, 0.3) is 16.9 Å². The van der Waals surface area contributed by atoms with Crippen molar-refractivity contribution in [2.24, 2.45) is 0 Å². The van der Waals surface area contributed by atoms with Gasteiger partial charge in [0, 0.05) is 12.2 Å². The summed E-state index contributed by atoms with van der Waals surface area (Å²) in [6, 6.07) is 7.86. The van der Waals surface area contributed by atoms with Gasteiger partial charge < -0.3 is 4.74 Å². The van der Waals surface area contributed by atoms with Crippen molar-refractivity contribution in [2.45, 2.75) is 26.3 Å².